The van der Waals surface area contributed by atoms with E-state index in [-0.39, 0.29) is 23.9 Å². The van der Waals surface area contributed by atoms with Crippen LogP contribution in [0, 0.1) is 5.92 Å². The molecular weight excluding hydrogens is 442 g/mol. The molecule has 2 fully saturated rings. The van der Waals surface area contributed by atoms with E-state index in [0.717, 1.165) is 47.7 Å². The van der Waals surface area contributed by atoms with Gasteiger partial charge in [0.25, 0.3) is 0 Å². The summed E-state index contributed by atoms with van der Waals surface area (Å²) < 4.78 is 0. The molecule has 2 N–H and O–H groups in total. The average Bonchev–Trinajstić information content (AvgIpc) is 3.26. The minimum absolute atomic E-state index is 0.00276. The molecule has 5 rings (SSSR count). The second-order valence-corrected chi connectivity index (χ2v) is 10.2. The van der Waals surface area contributed by atoms with Crippen LogP contribution in [0.1, 0.15) is 34.6 Å². The van der Waals surface area contributed by atoms with Crippen LogP contribution < -0.4 is 15.1 Å². The second-order valence-electron chi connectivity index (χ2n) is 10.2. The predicted octanol–water partition coefficient (Wildman–Crippen LogP) is 2.29. The number of anilines is 2. The van der Waals surface area contributed by atoms with Crippen molar-refractivity contribution in [3.63, 3.8) is 0 Å². The van der Waals surface area contributed by atoms with Crippen LogP contribution in [0.2, 0.25) is 0 Å². The zero-order valence-electron chi connectivity index (χ0n) is 21.2. The van der Waals surface area contributed by atoms with Crippen LogP contribution in [-0.4, -0.2) is 86.8 Å². The van der Waals surface area contributed by atoms with Gasteiger partial charge in [0.2, 0.25) is 11.9 Å². The largest absolute Gasteiger partial charge is 0.354 e. The summed E-state index contributed by atoms with van der Waals surface area (Å²) in [4.78, 5) is 33.4. The molecule has 2 aliphatic rings. The summed E-state index contributed by atoms with van der Waals surface area (Å²) in [6, 6.07) is 4.79. The van der Waals surface area contributed by atoms with Gasteiger partial charge in [-0.1, -0.05) is 13.8 Å². The second kappa shape index (κ2) is 9.41. The first-order valence-corrected chi connectivity index (χ1v) is 12.5. The molecule has 5 heterocycles. The first kappa shape index (κ1) is 23.5. The summed E-state index contributed by atoms with van der Waals surface area (Å²) in [6.45, 7) is 14.5. The molecule has 0 aromatic carbocycles. The van der Waals surface area contributed by atoms with Gasteiger partial charge in [-0.15, -0.1) is 0 Å². The lowest BCUT2D eigenvalue weighted by Crippen LogP contribution is -2.59. The number of nitrogens with zero attached hydrogens (tertiary/aromatic N) is 7. The summed E-state index contributed by atoms with van der Waals surface area (Å²) in [7, 11) is 0. The van der Waals surface area contributed by atoms with Crippen molar-refractivity contribution in [3.8, 4) is 11.3 Å². The van der Waals surface area contributed by atoms with Crippen LogP contribution in [0.15, 0.2) is 24.5 Å². The molecule has 2 aliphatic heterocycles. The highest BCUT2D eigenvalue weighted by molar-refractivity contribution is 5.89. The van der Waals surface area contributed by atoms with Gasteiger partial charge in [0.15, 0.2) is 0 Å². The fourth-order valence-electron chi connectivity index (χ4n) is 5.25. The number of piperazine rings is 2. The molecule has 186 valence electrons. The standard InChI is InChI=1S/C25H35N9O/c1-15(2)24(35)33-13-17(4)34(18(5)14-33)25-28-11-20-23(29-25)22(31-30-20)19-6-7-21(27-10-19)32-9-8-26-16(3)12-32/h6-7,10-11,15-18,26H,8-9,12-14H2,1-5H3,(H,30,31)/t16?,17-,18+. The monoisotopic (exact) mass is 477 g/mol. The Hall–Kier alpha value is -3.27. The van der Waals surface area contributed by atoms with Crippen molar-refractivity contribution >= 4 is 28.7 Å². The number of H-pyrrole nitrogens is 1. The average molecular weight is 478 g/mol. The summed E-state index contributed by atoms with van der Waals surface area (Å²) in [5.41, 5.74) is 3.25. The van der Waals surface area contributed by atoms with Crippen LogP contribution in [0.4, 0.5) is 11.8 Å². The maximum absolute atomic E-state index is 12.6. The quantitative estimate of drug-likeness (QED) is 0.590. The van der Waals surface area contributed by atoms with E-state index in [2.05, 4.69) is 63.2 Å². The number of aromatic amines is 1. The summed E-state index contributed by atoms with van der Waals surface area (Å²) >= 11 is 0. The Morgan fingerprint density at radius 3 is 2.49 bits per heavy atom. The number of fused-ring (bicyclic) bond motifs is 1. The number of aromatic nitrogens is 5. The lowest BCUT2D eigenvalue weighted by molar-refractivity contribution is -0.135. The highest BCUT2D eigenvalue weighted by atomic mass is 16.2. The predicted molar refractivity (Wildman–Crippen MR) is 137 cm³/mol. The Bertz CT molecular complexity index is 1180. The molecule has 35 heavy (non-hydrogen) atoms. The van der Waals surface area contributed by atoms with Gasteiger partial charge in [-0.3, -0.25) is 9.89 Å². The zero-order valence-corrected chi connectivity index (χ0v) is 21.2. The van der Waals surface area contributed by atoms with E-state index in [9.17, 15) is 4.79 Å². The van der Waals surface area contributed by atoms with Crippen LogP contribution in [-0.2, 0) is 4.79 Å². The van der Waals surface area contributed by atoms with Gasteiger partial charge in [-0.2, -0.15) is 5.10 Å². The molecule has 0 spiro atoms. The van der Waals surface area contributed by atoms with Crippen LogP contribution in [0.3, 0.4) is 0 Å². The third-order valence-electron chi connectivity index (χ3n) is 6.96. The number of hydrogen-bond donors (Lipinski definition) is 2. The Balaban J connectivity index is 1.40. The van der Waals surface area contributed by atoms with Crippen LogP contribution in [0.5, 0.6) is 0 Å². The van der Waals surface area contributed by atoms with Crippen molar-refractivity contribution < 1.29 is 4.79 Å². The van der Waals surface area contributed by atoms with E-state index < -0.39 is 0 Å². The molecule has 0 bridgehead atoms. The molecule has 0 aliphatic carbocycles. The number of hydrogen-bond acceptors (Lipinski definition) is 8. The van der Waals surface area contributed by atoms with Crippen LogP contribution >= 0.6 is 0 Å². The van der Waals surface area contributed by atoms with E-state index in [0.29, 0.717) is 25.1 Å². The maximum Gasteiger partial charge on any atom is 0.226 e. The van der Waals surface area contributed by atoms with Crippen molar-refractivity contribution in [2.24, 2.45) is 5.92 Å². The summed E-state index contributed by atoms with van der Waals surface area (Å²) in [5, 5.41) is 11.1. The normalized spacial score (nSPS) is 23.4. The molecule has 1 unspecified atom stereocenters. The molecule has 10 heteroatoms. The Morgan fingerprint density at radius 2 is 1.83 bits per heavy atom. The number of nitrogens with one attached hydrogen (secondary N) is 2. The highest BCUT2D eigenvalue weighted by Crippen LogP contribution is 2.29. The Morgan fingerprint density at radius 1 is 1.06 bits per heavy atom. The maximum atomic E-state index is 12.6. The van der Waals surface area contributed by atoms with Crippen molar-refractivity contribution in [2.45, 2.75) is 52.7 Å². The van der Waals surface area contributed by atoms with Crippen molar-refractivity contribution in [3.05, 3.63) is 24.5 Å². The first-order valence-electron chi connectivity index (χ1n) is 12.5. The van der Waals surface area contributed by atoms with E-state index in [1.165, 1.54) is 0 Å². The smallest absolute Gasteiger partial charge is 0.226 e. The topological polar surface area (TPSA) is 106 Å². The first-order chi connectivity index (χ1) is 16.8. The fourth-order valence-corrected chi connectivity index (χ4v) is 5.25. The number of carbonyl (C=O) groups excluding carboxylic acids is 1. The van der Waals surface area contributed by atoms with Gasteiger partial charge in [0.1, 0.15) is 22.5 Å². The minimum Gasteiger partial charge on any atom is -0.354 e. The number of pyridine rings is 1. The molecule has 3 aromatic heterocycles. The summed E-state index contributed by atoms with van der Waals surface area (Å²) in [6.07, 6.45) is 3.67. The molecular formula is C25H35N9O. The molecule has 3 atom stereocenters. The molecule has 10 nitrogen and oxygen atoms in total. The van der Waals surface area contributed by atoms with Gasteiger partial charge in [0.05, 0.1) is 6.20 Å². The van der Waals surface area contributed by atoms with Gasteiger partial charge in [-0.25, -0.2) is 15.0 Å². The van der Waals surface area contributed by atoms with E-state index in [4.69, 9.17) is 9.97 Å². The third-order valence-corrected chi connectivity index (χ3v) is 6.96. The van der Waals surface area contributed by atoms with Gasteiger partial charge >= 0.3 is 0 Å². The van der Waals surface area contributed by atoms with Crippen molar-refractivity contribution in [2.75, 3.05) is 42.5 Å². The molecule has 2 saturated heterocycles. The molecule has 3 aromatic rings. The molecule has 0 radical (unpaired) electrons. The van der Waals surface area contributed by atoms with Crippen molar-refractivity contribution in [1.82, 2.24) is 35.4 Å². The fraction of sp³-hybridized carbons (Fsp3) is 0.560. The minimum atomic E-state index is -0.00276. The van der Waals surface area contributed by atoms with Gasteiger partial charge in [-0.05, 0) is 32.9 Å². The van der Waals surface area contributed by atoms with E-state index in [1.54, 1.807) is 6.20 Å². The molecule has 0 saturated carbocycles. The van der Waals surface area contributed by atoms with Gasteiger partial charge in [0, 0.05) is 68.5 Å². The Kier molecular flexibility index (Phi) is 6.31. The van der Waals surface area contributed by atoms with Gasteiger partial charge < -0.3 is 20.0 Å². The summed E-state index contributed by atoms with van der Waals surface area (Å²) in [5.74, 6) is 1.84. The van der Waals surface area contributed by atoms with E-state index in [1.807, 2.05) is 24.9 Å². The number of amides is 1. The molecule has 1 amide bonds. The van der Waals surface area contributed by atoms with Crippen molar-refractivity contribution in [1.29, 1.82) is 0 Å². The number of carbonyl (C=O) groups is 1. The zero-order chi connectivity index (χ0) is 24.7. The van der Waals surface area contributed by atoms with E-state index >= 15 is 0 Å². The lowest BCUT2D eigenvalue weighted by Gasteiger charge is -2.44. The Labute approximate surface area is 206 Å². The number of rotatable bonds is 4. The lowest BCUT2D eigenvalue weighted by atomic mass is 10.1. The SMILES string of the molecule is CC1CN(c2ccc(-c3n[nH]c4cnc(N5[C@H](C)CN(C(=O)C(C)C)C[C@@H]5C)nc34)cn2)CCN1. The highest BCUT2D eigenvalue weighted by Gasteiger charge is 2.34. The van der Waals surface area contributed by atoms with Crippen LogP contribution in [0.25, 0.3) is 22.3 Å². The third kappa shape index (κ3) is 4.54.